The highest BCUT2D eigenvalue weighted by molar-refractivity contribution is 6.30. The third-order valence-corrected chi connectivity index (χ3v) is 5.73. The van der Waals surface area contributed by atoms with E-state index in [0.717, 1.165) is 36.5 Å². The van der Waals surface area contributed by atoms with Crippen LogP contribution in [0.4, 0.5) is 10.1 Å². The smallest absolute Gasteiger partial charge is 0.350 e. The van der Waals surface area contributed by atoms with Gasteiger partial charge in [0.15, 0.2) is 5.65 Å². The minimum Gasteiger partial charge on any atom is -0.355 e. The number of carbonyl (C=O) groups excluding carboxylic acids is 1. The molecule has 31 heavy (non-hydrogen) atoms. The minimum absolute atomic E-state index is 0.0224. The van der Waals surface area contributed by atoms with Gasteiger partial charge in [0, 0.05) is 19.3 Å². The Hall–Kier alpha value is -2.91. The number of fused-ring (bicyclic) bond motifs is 1. The lowest BCUT2D eigenvalue weighted by atomic mass is 10.1. The molecule has 0 aliphatic carbocycles. The van der Waals surface area contributed by atoms with Gasteiger partial charge in [-0.05, 0) is 50.2 Å². The summed E-state index contributed by atoms with van der Waals surface area (Å²) in [6.07, 6.45) is 2.67. The number of carbonyl (C=O) groups is 1. The topological polar surface area (TPSA) is 74.9 Å². The van der Waals surface area contributed by atoms with Crippen molar-refractivity contribution in [2.75, 3.05) is 31.7 Å². The second-order valence-electron chi connectivity index (χ2n) is 7.83. The van der Waals surface area contributed by atoms with Crippen molar-refractivity contribution < 1.29 is 9.18 Å². The molecule has 2 aromatic heterocycles. The van der Waals surface area contributed by atoms with Gasteiger partial charge in [-0.3, -0.25) is 9.69 Å². The van der Waals surface area contributed by atoms with E-state index in [1.807, 2.05) is 12.1 Å². The average Bonchev–Trinajstić information content (AvgIpc) is 3.05. The minimum atomic E-state index is -0.548. The van der Waals surface area contributed by atoms with Crippen molar-refractivity contribution >= 4 is 28.8 Å². The first-order valence-electron chi connectivity index (χ1n) is 10.1. The molecule has 10 heteroatoms. The molecule has 1 aliphatic heterocycles. The molecule has 0 bridgehead atoms. The molecule has 1 amide bonds. The maximum absolute atomic E-state index is 13.7. The van der Waals surface area contributed by atoms with E-state index in [1.165, 1.54) is 16.5 Å². The molecular weight excluding hydrogens is 423 g/mol. The number of amides is 1. The van der Waals surface area contributed by atoms with Crippen LogP contribution in [0.25, 0.3) is 5.65 Å². The van der Waals surface area contributed by atoms with Gasteiger partial charge in [-0.15, -0.1) is 5.10 Å². The van der Waals surface area contributed by atoms with E-state index in [4.69, 9.17) is 11.6 Å². The van der Waals surface area contributed by atoms with Crippen molar-refractivity contribution in [3.63, 3.8) is 0 Å². The zero-order valence-electron chi connectivity index (χ0n) is 17.4. The number of pyridine rings is 1. The second-order valence-corrected chi connectivity index (χ2v) is 8.24. The number of aromatic nitrogens is 3. The molecule has 0 spiro atoms. The molecule has 3 heterocycles. The van der Waals surface area contributed by atoms with E-state index in [2.05, 4.69) is 27.3 Å². The van der Waals surface area contributed by atoms with E-state index in [-0.39, 0.29) is 17.3 Å². The Kier molecular flexibility index (Phi) is 5.97. The van der Waals surface area contributed by atoms with E-state index < -0.39 is 17.8 Å². The Morgan fingerprint density at radius 1 is 1.32 bits per heavy atom. The first-order chi connectivity index (χ1) is 14.8. The van der Waals surface area contributed by atoms with Crippen LogP contribution in [0.1, 0.15) is 24.9 Å². The van der Waals surface area contributed by atoms with Crippen LogP contribution in [0.3, 0.4) is 0 Å². The van der Waals surface area contributed by atoms with Crippen molar-refractivity contribution in [1.29, 1.82) is 0 Å². The fourth-order valence-electron chi connectivity index (χ4n) is 3.82. The summed E-state index contributed by atoms with van der Waals surface area (Å²) in [5.74, 6) is -0.944. The number of nitrogens with one attached hydrogen (secondary N) is 1. The summed E-state index contributed by atoms with van der Waals surface area (Å²) in [4.78, 5) is 29.7. The van der Waals surface area contributed by atoms with E-state index >= 15 is 0 Å². The number of hydrogen-bond donors (Lipinski definition) is 1. The van der Waals surface area contributed by atoms with Gasteiger partial charge in [0.2, 0.25) is 5.91 Å². The number of nitrogens with zero attached hydrogens (tertiary/aromatic N) is 5. The quantitative estimate of drug-likeness (QED) is 0.650. The van der Waals surface area contributed by atoms with Crippen LogP contribution in [-0.2, 0) is 11.3 Å². The van der Waals surface area contributed by atoms with Gasteiger partial charge in [-0.1, -0.05) is 17.7 Å². The highest BCUT2D eigenvalue weighted by atomic mass is 35.5. The normalized spacial score (nSPS) is 15.9. The van der Waals surface area contributed by atoms with Crippen LogP contribution in [0.15, 0.2) is 41.3 Å². The van der Waals surface area contributed by atoms with Gasteiger partial charge in [-0.2, -0.15) is 0 Å². The fraction of sp³-hybridized carbons (Fsp3) is 0.381. The molecule has 1 fully saturated rings. The van der Waals surface area contributed by atoms with E-state index in [1.54, 1.807) is 19.2 Å². The largest absolute Gasteiger partial charge is 0.355 e. The summed E-state index contributed by atoms with van der Waals surface area (Å²) >= 11 is 5.71. The zero-order valence-corrected chi connectivity index (χ0v) is 18.1. The average molecular weight is 447 g/mol. The molecule has 164 valence electrons. The van der Waals surface area contributed by atoms with Crippen molar-refractivity contribution in [3.05, 3.63) is 63.4 Å². The number of hydrogen-bond acceptors (Lipinski definition) is 5. The first-order valence-corrected chi connectivity index (χ1v) is 10.5. The Morgan fingerprint density at radius 3 is 2.87 bits per heavy atom. The monoisotopic (exact) mass is 446 g/mol. The molecule has 1 N–H and O–H groups in total. The summed E-state index contributed by atoms with van der Waals surface area (Å²) in [6, 6.07) is 7.67. The summed E-state index contributed by atoms with van der Waals surface area (Å²) in [7, 11) is 2.05. The molecule has 1 aromatic carbocycles. The Labute approximate surface area is 183 Å². The van der Waals surface area contributed by atoms with Crippen LogP contribution in [0.5, 0.6) is 0 Å². The van der Waals surface area contributed by atoms with Gasteiger partial charge in [-0.25, -0.2) is 18.3 Å². The van der Waals surface area contributed by atoms with Crippen LogP contribution in [0, 0.1) is 5.82 Å². The maximum atomic E-state index is 13.7. The number of halogens is 2. The van der Waals surface area contributed by atoms with E-state index in [0.29, 0.717) is 11.2 Å². The Bertz CT molecular complexity index is 1180. The molecule has 0 radical (unpaired) electrons. The summed E-state index contributed by atoms with van der Waals surface area (Å²) in [5.41, 5.74) is 1.57. The molecule has 3 aromatic rings. The molecule has 1 atom stereocenters. The molecule has 1 saturated heterocycles. The number of benzene rings is 1. The maximum Gasteiger partial charge on any atom is 0.350 e. The molecule has 0 saturated carbocycles. The van der Waals surface area contributed by atoms with Crippen molar-refractivity contribution in [3.8, 4) is 0 Å². The number of rotatable bonds is 5. The predicted octanol–water partition coefficient (Wildman–Crippen LogP) is 2.27. The third kappa shape index (κ3) is 4.42. The van der Waals surface area contributed by atoms with Crippen LogP contribution < -0.4 is 15.9 Å². The molecule has 4 rings (SSSR count). The van der Waals surface area contributed by atoms with Crippen LogP contribution >= 0.6 is 11.6 Å². The highest BCUT2D eigenvalue weighted by Crippen LogP contribution is 2.22. The number of anilines is 1. The summed E-state index contributed by atoms with van der Waals surface area (Å²) < 4.78 is 16.3. The molecule has 8 nitrogen and oxygen atoms in total. The summed E-state index contributed by atoms with van der Waals surface area (Å²) in [6.45, 7) is 4.14. The van der Waals surface area contributed by atoms with Gasteiger partial charge >= 0.3 is 5.69 Å². The second kappa shape index (κ2) is 8.68. The van der Waals surface area contributed by atoms with Gasteiger partial charge in [0.25, 0.3) is 0 Å². The van der Waals surface area contributed by atoms with E-state index in [9.17, 15) is 14.0 Å². The van der Waals surface area contributed by atoms with Crippen LogP contribution in [-0.4, -0.2) is 51.8 Å². The lowest BCUT2D eigenvalue weighted by Gasteiger charge is -2.34. The lowest BCUT2D eigenvalue weighted by molar-refractivity contribution is -0.122. The van der Waals surface area contributed by atoms with Crippen molar-refractivity contribution in [2.45, 2.75) is 25.9 Å². The van der Waals surface area contributed by atoms with Crippen molar-refractivity contribution in [1.82, 2.24) is 24.4 Å². The standard InChI is InChI=1S/C21H24ClFN6O2/c1-14(15-6-7-16(22)17(23)11-15)24-19(30)12-29-21(31)28-10-3-5-18(20(28)25-29)27-9-4-8-26(2)13-27/h3,5-7,10-11,14H,4,8-9,12-13H2,1-2H3,(H,24,30)/t14-/m0/s1. The lowest BCUT2D eigenvalue weighted by Crippen LogP contribution is -2.43. The Balaban J connectivity index is 1.53. The SMILES string of the molecule is C[C@H](NC(=O)Cn1nc2c(N3CCCN(C)C3)cccn2c1=O)c1ccc(Cl)c(F)c1. The third-order valence-electron chi connectivity index (χ3n) is 5.42. The highest BCUT2D eigenvalue weighted by Gasteiger charge is 2.21. The van der Waals surface area contributed by atoms with Gasteiger partial charge in [0.1, 0.15) is 12.4 Å². The predicted molar refractivity (Wildman–Crippen MR) is 117 cm³/mol. The molecule has 0 unspecified atom stereocenters. The first kappa shape index (κ1) is 21.3. The zero-order chi connectivity index (χ0) is 22.1. The van der Waals surface area contributed by atoms with Gasteiger partial charge < -0.3 is 10.2 Å². The van der Waals surface area contributed by atoms with Gasteiger partial charge in [0.05, 0.1) is 23.4 Å². The Morgan fingerprint density at radius 2 is 2.13 bits per heavy atom. The summed E-state index contributed by atoms with van der Waals surface area (Å²) in [5, 5.41) is 7.22. The fourth-order valence-corrected chi connectivity index (χ4v) is 3.94. The van der Waals surface area contributed by atoms with Crippen LogP contribution in [0.2, 0.25) is 5.02 Å². The molecule has 1 aliphatic rings. The van der Waals surface area contributed by atoms with Crippen molar-refractivity contribution in [2.24, 2.45) is 0 Å². The molecular formula is C21H24ClFN6O2.